The quantitative estimate of drug-likeness (QED) is 0.735. The van der Waals surface area contributed by atoms with Crippen LogP contribution in [-0.2, 0) is 6.42 Å². The van der Waals surface area contributed by atoms with Gasteiger partial charge in [-0.05, 0) is 36.7 Å². The van der Waals surface area contributed by atoms with Gasteiger partial charge in [-0.15, -0.1) is 0 Å². The second-order valence-electron chi connectivity index (χ2n) is 2.38. The molecule has 0 aromatic heterocycles. The van der Waals surface area contributed by atoms with Gasteiger partial charge in [-0.1, -0.05) is 15.9 Å². The molecule has 0 saturated carbocycles. The molecule has 0 atom stereocenters. The zero-order chi connectivity index (χ0) is 8.27. The summed E-state index contributed by atoms with van der Waals surface area (Å²) in [5.41, 5.74) is 13.0. The molecular formula is C8H11BrN2. The molecule has 2 nitrogen and oxygen atoms in total. The van der Waals surface area contributed by atoms with Gasteiger partial charge in [-0.25, -0.2) is 0 Å². The highest BCUT2D eigenvalue weighted by Gasteiger charge is 1.97. The molecule has 0 aliphatic heterocycles. The van der Waals surface area contributed by atoms with Crippen molar-refractivity contribution in [1.82, 2.24) is 0 Å². The number of rotatable bonds is 2. The first kappa shape index (κ1) is 8.56. The minimum absolute atomic E-state index is 0.640. The van der Waals surface area contributed by atoms with Crippen LogP contribution in [0, 0.1) is 0 Å². The van der Waals surface area contributed by atoms with Crippen molar-refractivity contribution in [2.45, 2.75) is 6.42 Å². The van der Waals surface area contributed by atoms with Crippen molar-refractivity contribution in [2.75, 3.05) is 12.3 Å². The lowest BCUT2D eigenvalue weighted by molar-refractivity contribution is 0.970. The Bertz CT molecular complexity index is 248. The van der Waals surface area contributed by atoms with Gasteiger partial charge >= 0.3 is 0 Å². The number of hydrogen-bond acceptors (Lipinski definition) is 2. The zero-order valence-corrected chi connectivity index (χ0v) is 7.76. The maximum Gasteiger partial charge on any atom is 0.0347 e. The van der Waals surface area contributed by atoms with Crippen LogP contribution in [0.25, 0.3) is 0 Å². The van der Waals surface area contributed by atoms with E-state index >= 15 is 0 Å². The van der Waals surface area contributed by atoms with E-state index in [0.29, 0.717) is 6.54 Å². The molecule has 1 aromatic carbocycles. The third-order valence-electron chi connectivity index (χ3n) is 1.52. The van der Waals surface area contributed by atoms with E-state index in [-0.39, 0.29) is 0 Å². The van der Waals surface area contributed by atoms with E-state index in [9.17, 15) is 0 Å². The third kappa shape index (κ3) is 2.20. The van der Waals surface area contributed by atoms with Crippen LogP contribution in [0.1, 0.15) is 5.56 Å². The fourth-order valence-corrected chi connectivity index (χ4v) is 1.35. The SMILES string of the molecule is NCCc1cc(Br)ccc1N. The Hall–Kier alpha value is -0.540. The highest BCUT2D eigenvalue weighted by atomic mass is 79.9. The number of halogens is 1. The maximum absolute atomic E-state index is 5.70. The molecule has 0 radical (unpaired) electrons. The van der Waals surface area contributed by atoms with Gasteiger partial charge in [0, 0.05) is 10.2 Å². The maximum atomic E-state index is 5.70. The molecule has 60 valence electrons. The van der Waals surface area contributed by atoms with Crippen LogP contribution in [0.15, 0.2) is 22.7 Å². The molecular weight excluding hydrogens is 204 g/mol. The van der Waals surface area contributed by atoms with Crippen molar-refractivity contribution in [3.8, 4) is 0 Å². The Kier molecular flexibility index (Phi) is 2.91. The molecule has 1 aromatic rings. The minimum atomic E-state index is 0.640. The van der Waals surface area contributed by atoms with E-state index in [2.05, 4.69) is 15.9 Å². The topological polar surface area (TPSA) is 52.0 Å². The normalized spacial score (nSPS) is 10.0. The van der Waals surface area contributed by atoms with Crippen LogP contribution < -0.4 is 11.5 Å². The molecule has 0 aliphatic rings. The van der Waals surface area contributed by atoms with Gasteiger partial charge < -0.3 is 11.5 Å². The Morgan fingerprint density at radius 2 is 2.09 bits per heavy atom. The Morgan fingerprint density at radius 3 is 2.73 bits per heavy atom. The molecule has 0 unspecified atom stereocenters. The van der Waals surface area contributed by atoms with Crippen LogP contribution in [0.4, 0.5) is 5.69 Å². The second kappa shape index (κ2) is 3.74. The second-order valence-corrected chi connectivity index (χ2v) is 3.30. The summed E-state index contributed by atoms with van der Waals surface area (Å²) < 4.78 is 1.05. The van der Waals surface area contributed by atoms with Crippen molar-refractivity contribution >= 4 is 21.6 Å². The first-order valence-corrected chi connectivity index (χ1v) is 4.27. The van der Waals surface area contributed by atoms with Crippen molar-refractivity contribution in [3.63, 3.8) is 0 Å². The van der Waals surface area contributed by atoms with E-state index in [0.717, 1.165) is 22.1 Å². The summed E-state index contributed by atoms with van der Waals surface area (Å²) in [6.45, 7) is 0.640. The summed E-state index contributed by atoms with van der Waals surface area (Å²) in [6.07, 6.45) is 0.839. The van der Waals surface area contributed by atoms with E-state index in [1.54, 1.807) is 0 Å². The average Bonchev–Trinajstić information content (AvgIpc) is 1.98. The summed E-state index contributed by atoms with van der Waals surface area (Å²) in [6, 6.07) is 5.81. The monoisotopic (exact) mass is 214 g/mol. The third-order valence-corrected chi connectivity index (χ3v) is 2.01. The first-order valence-electron chi connectivity index (χ1n) is 3.48. The lowest BCUT2D eigenvalue weighted by Gasteiger charge is -2.03. The first-order chi connectivity index (χ1) is 5.24. The molecule has 0 heterocycles. The highest BCUT2D eigenvalue weighted by Crippen LogP contribution is 2.18. The van der Waals surface area contributed by atoms with Crippen LogP contribution in [-0.4, -0.2) is 6.54 Å². The number of nitrogens with two attached hydrogens (primary N) is 2. The smallest absolute Gasteiger partial charge is 0.0347 e. The zero-order valence-electron chi connectivity index (χ0n) is 6.18. The lowest BCUT2D eigenvalue weighted by atomic mass is 10.1. The van der Waals surface area contributed by atoms with E-state index in [4.69, 9.17) is 11.5 Å². The van der Waals surface area contributed by atoms with Gasteiger partial charge in [0.15, 0.2) is 0 Å². The fourth-order valence-electron chi connectivity index (χ4n) is 0.946. The average molecular weight is 215 g/mol. The Balaban J connectivity index is 2.93. The summed E-state index contributed by atoms with van der Waals surface area (Å²) in [4.78, 5) is 0. The van der Waals surface area contributed by atoms with Crippen molar-refractivity contribution in [2.24, 2.45) is 5.73 Å². The molecule has 11 heavy (non-hydrogen) atoms. The summed E-state index contributed by atoms with van der Waals surface area (Å²) in [7, 11) is 0. The fraction of sp³-hybridized carbons (Fsp3) is 0.250. The van der Waals surface area contributed by atoms with E-state index in [1.165, 1.54) is 0 Å². The van der Waals surface area contributed by atoms with E-state index in [1.807, 2.05) is 18.2 Å². The number of benzene rings is 1. The highest BCUT2D eigenvalue weighted by molar-refractivity contribution is 9.10. The molecule has 0 fully saturated rings. The van der Waals surface area contributed by atoms with Crippen LogP contribution >= 0.6 is 15.9 Å². The van der Waals surface area contributed by atoms with Crippen molar-refractivity contribution in [1.29, 1.82) is 0 Å². The van der Waals surface area contributed by atoms with Crippen molar-refractivity contribution in [3.05, 3.63) is 28.2 Å². The van der Waals surface area contributed by atoms with Crippen molar-refractivity contribution < 1.29 is 0 Å². The Morgan fingerprint density at radius 1 is 1.36 bits per heavy atom. The number of nitrogen functional groups attached to an aromatic ring is 1. The molecule has 0 spiro atoms. The van der Waals surface area contributed by atoms with Gasteiger partial charge in [0.05, 0.1) is 0 Å². The summed E-state index contributed by atoms with van der Waals surface area (Å²) in [5.74, 6) is 0. The van der Waals surface area contributed by atoms with E-state index < -0.39 is 0 Å². The molecule has 4 N–H and O–H groups in total. The van der Waals surface area contributed by atoms with Crippen LogP contribution in [0.3, 0.4) is 0 Å². The summed E-state index contributed by atoms with van der Waals surface area (Å²) >= 11 is 3.37. The standard InChI is InChI=1S/C8H11BrN2/c9-7-1-2-8(11)6(5-7)3-4-10/h1-2,5H,3-4,10-11H2. The van der Waals surface area contributed by atoms with Gasteiger partial charge in [0.2, 0.25) is 0 Å². The van der Waals surface area contributed by atoms with Gasteiger partial charge in [0.1, 0.15) is 0 Å². The lowest BCUT2D eigenvalue weighted by Crippen LogP contribution is -2.04. The van der Waals surface area contributed by atoms with Crippen LogP contribution in [0.2, 0.25) is 0 Å². The van der Waals surface area contributed by atoms with Crippen LogP contribution in [0.5, 0.6) is 0 Å². The molecule has 0 bridgehead atoms. The molecule has 3 heteroatoms. The Labute approximate surface area is 74.7 Å². The molecule has 1 rings (SSSR count). The van der Waals surface area contributed by atoms with Gasteiger partial charge in [0.25, 0.3) is 0 Å². The predicted octanol–water partition coefficient (Wildman–Crippen LogP) is 1.53. The minimum Gasteiger partial charge on any atom is -0.399 e. The molecule has 0 saturated heterocycles. The summed E-state index contributed by atoms with van der Waals surface area (Å²) in [5, 5.41) is 0. The van der Waals surface area contributed by atoms with Gasteiger partial charge in [-0.3, -0.25) is 0 Å². The van der Waals surface area contributed by atoms with Gasteiger partial charge in [-0.2, -0.15) is 0 Å². The number of hydrogen-bond donors (Lipinski definition) is 2. The predicted molar refractivity (Wildman–Crippen MR) is 51.3 cm³/mol. The molecule has 0 amide bonds. The largest absolute Gasteiger partial charge is 0.399 e. The molecule has 0 aliphatic carbocycles. The number of anilines is 1.